The van der Waals surface area contributed by atoms with Crippen LogP contribution in [0.25, 0.3) is 0 Å². The molecule has 0 heterocycles. The third kappa shape index (κ3) is 4.19. The van der Waals surface area contributed by atoms with Crippen molar-refractivity contribution in [2.24, 2.45) is 0 Å². The van der Waals surface area contributed by atoms with Gasteiger partial charge >= 0.3 is 0 Å². The Morgan fingerprint density at radius 3 is 2.29 bits per heavy atom. The van der Waals surface area contributed by atoms with Crippen LogP contribution in [0.5, 0.6) is 0 Å². The van der Waals surface area contributed by atoms with Crippen LogP contribution < -0.4 is 10.2 Å². The highest BCUT2D eigenvalue weighted by Crippen LogP contribution is 2.24. The van der Waals surface area contributed by atoms with E-state index in [9.17, 15) is 14.0 Å². The van der Waals surface area contributed by atoms with Gasteiger partial charge in [0, 0.05) is 31.3 Å². The molecule has 0 aromatic heterocycles. The predicted octanol–water partition coefficient (Wildman–Crippen LogP) is 3.23. The minimum absolute atomic E-state index is 0.0904. The van der Waals surface area contributed by atoms with Gasteiger partial charge in [0.2, 0.25) is 5.91 Å². The molecule has 0 aliphatic heterocycles. The first kappa shape index (κ1) is 17.7. The molecule has 0 aliphatic rings. The molecule has 0 saturated heterocycles. The number of anilines is 1. The van der Waals surface area contributed by atoms with Gasteiger partial charge in [0.1, 0.15) is 5.82 Å². The molecule has 0 bridgehead atoms. The molecule has 2 amide bonds. The van der Waals surface area contributed by atoms with Crippen molar-refractivity contribution in [3.8, 4) is 0 Å². The Bertz CT molecular complexity index is 739. The Morgan fingerprint density at radius 1 is 1.08 bits per heavy atom. The topological polar surface area (TPSA) is 49.4 Å². The third-order valence-corrected chi connectivity index (χ3v) is 3.80. The number of carbonyl (C=O) groups excluding carboxylic acids is 2. The van der Waals surface area contributed by atoms with Crippen LogP contribution in [0.2, 0.25) is 0 Å². The number of halogens is 1. The number of benzene rings is 2. The summed E-state index contributed by atoms with van der Waals surface area (Å²) in [6.07, 6.45) is 0. The minimum Gasteiger partial charge on any atom is -0.350 e. The maximum absolute atomic E-state index is 13.2. The van der Waals surface area contributed by atoms with Gasteiger partial charge in [0.15, 0.2) is 0 Å². The number of nitrogens with zero attached hydrogens (tertiary/aromatic N) is 1. The lowest BCUT2D eigenvalue weighted by atomic mass is 10.1. The van der Waals surface area contributed by atoms with E-state index in [1.807, 2.05) is 32.0 Å². The van der Waals surface area contributed by atoms with E-state index in [1.165, 1.54) is 25.1 Å². The van der Waals surface area contributed by atoms with E-state index in [-0.39, 0.29) is 23.9 Å². The van der Waals surface area contributed by atoms with Gasteiger partial charge in [0.25, 0.3) is 5.91 Å². The van der Waals surface area contributed by atoms with Crippen LogP contribution in [-0.2, 0) is 4.79 Å². The molecule has 0 fully saturated rings. The van der Waals surface area contributed by atoms with Crippen LogP contribution in [0.3, 0.4) is 0 Å². The van der Waals surface area contributed by atoms with Gasteiger partial charge < -0.3 is 10.2 Å². The van der Waals surface area contributed by atoms with E-state index in [0.29, 0.717) is 6.54 Å². The van der Waals surface area contributed by atoms with Gasteiger partial charge in [-0.25, -0.2) is 4.39 Å². The van der Waals surface area contributed by atoms with Crippen molar-refractivity contribution < 1.29 is 14.0 Å². The molecule has 0 atom stereocenters. The summed E-state index contributed by atoms with van der Waals surface area (Å²) in [5.41, 5.74) is 3.13. The zero-order valence-electron chi connectivity index (χ0n) is 14.1. The summed E-state index contributed by atoms with van der Waals surface area (Å²) >= 11 is 0. The number of hydrogen-bond acceptors (Lipinski definition) is 2. The second-order valence-corrected chi connectivity index (χ2v) is 5.68. The summed E-state index contributed by atoms with van der Waals surface area (Å²) in [5, 5.41) is 2.72. The van der Waals surface area contributed by atoms with Crippen LogP contribution in [0, 0.1) is 19.7 Å². The van der Waals surface area contributed by atoms with E-state index < -0.39 is 5.82 Å². The quantitative estimate of drug-likeness (QED) is 0.916. The molecule has 1 N–H and O–H groups in total. The standard InChI is InChI=1S/C19H21FN2O2/c1-13-6-4-7-14(2)18(13)22(15(3)23)11-10-21-19(24)16-8-5-9-17(20)12-16/h4-9,12H,10-11H2,1-3H3,(H,21,24). The Balaban J connectivity index is 2.05. The summed E-state index contributed by atoms with van der Waals surface area (Å²) in [5.74, 6) is -0.907. The first-order valence-corrected chi connectivity index (χ1v) is 7.78. The molecule has 0 aliphatic carbocycles. The van der Waals surface area contributed by atoms with Crippen molar-refractivity contribution in [2.75, 3.05) is 18.0 Å². The molecule has 0 saturated carbocycles. The first-order chi connectivity index (χ1) is 11.4. The van der Waals surface area contributed by atoms with Gasteiger partial charge in [0.05, 0.1) is 0 Å². The molecule has 24 heavy (non-hydrogen) atoms. The fourth-order valence-electron chi connectivity index (χ4n) is 2.67. The molecule has 126 valence electrons. The molecular weight excluding hydrogens is 307 g/mol. The lowest BCUT2D eigenvalue weighted by Gasteiger charge is -2.25. The average molecular weight is 328 g/mol. The van der Waals surface area contributed by atoms with E-state index in [1.54, 1.807) is 11.0 Å². The van der Waals surface area contributed by atoms with Crippen molar-refractivity contribution >= 4 is 17.5 Å². The van der Waals surface area contributed by atoms with E-state index in [4.69, 9.17) is 0 Å². The fourth-order valence-corrected chi connectivity index (χ4v) is 2.67. The number of nitrogens with one attached hydrogen (secondary N) is 1. The molecule has 2 aromatic carbocycles. The van der Waals surface area contributed by atoms with Gasteiger partial charge in [-0.1, -0.05) is 24.3 Å². The summed E-state index contributed by atoms with van der Waals surface area (Å²) < 4.78 is 13.2. The van der Waals surface area contributed by atoms with Crippen LogP contribution in [-0.4, -0.2) is 24.9 Å². The molecule has 5 heteroatoms. The van der Waals surface area contributed by atoms with Crippen LogP contribution in [0.15, 0.2) is 42.5 Å². The van der Waals surface area contributed by atoms with Crippen molar-refractivity contribution in [3.63, 3.8) is 0 Å². The zero-order valence-corrected chi connectivity index (χ0v) is 14.1. The molecule has 4 nitrogen and oxygen atoms in total. The van der Waals surface area contributed by atoms with E-state index in [0.717, 1.165) is 16.8 Å². The number of hydrogen-bond donors (Lipinski definition) is 1. The second-order valence-electron chi connectivity index (χ2n) is 5.68. The SMILES string of the molecule is CC(=O)N(CCNC(=O)c1cccc(F)c1)c1c(C)cccc1C. The zero-order chi connectivity index (χ0) is 17.7. The number of carbonyl (C=O) groups is 2. The minimum atomic E-state index is -0.455. The van der Waals surface area contributed by atoms with Crippen LogP contribution in [0.1, 0.15) is 28.4 Å². The fraction of sp³-hybridized carbons (Fsp3) is 0.263. The van der Waals surface area contributed by atoms with Gasteiger partial charge in [-0.2, -0.15) is 0 Å². The molecule has 0 unspecified atom stereocenters. The second kappa shape index (κ2) is 7.73. The van der Waals surface area contributed by atoms with Gasteiger partial charge in [-0.3, -0.25) is 9.59 Å². The number of para-hydroxylation sites is 1. The van der Waals surface area contributed by atoms with Gasteiger partial charge in [-0.05, 0) is 43.2 Å². The maximum atomic E-state index is 13.2. The van der Waals surface area contributed by atoms with Crippen LogP contribution in [0.4, 0.5) is 10.1 Å². The maximum Gasteiger partial charge on any atom is 0.251 e. The number of aryl methyl sites for hydroxylation is 2. The summed E-state index contributed by atoms with van der Waals surface area (Å²) in [7, 11) is 0. The Kier molecular flexibility index (Phi) is 5.68. The highest BCUT2D eigenvalue weighted by Gasteiger charge is 2.16. The van der Waals surface area contributed by atoms with Crippen molar-refractivity contribution in [3.05, 3.63) is 65.0 Å². The molecule has 2 aromatic rings. The Morgan fingerprint density at radius 2 is 1.71 bits per heavy atom. The average Bonchev–Trinajstić information content (AvgIpc) is 2.52. The molecular formula is C19H21FN2O2. The third-order valence-electron chi connectivity index (χ3n) is 3.80. The number of amides is 2. The molecule has 0 spiro atoms. The lowest BCUT2D eigenvalue weighted by molar-refractivity contribution is -0.116. The number of rotatable bonds is 5. The van der Waals surface area contributed by atoms with Crippen molar-refractivity contribution in [1.82, 2.24) is 5.32 Å². The van der Waals surface area contributed by atoms with E-state index >= 15 is 0 Å². The smallest absolute Gasteiger partial charge is 0.251 e. The Hall–Kier alpha value is -2.69. The Labute approximate surface area is 141 Å². The predicted molar refractivity (Wildman–Crippen MR) is 92.7 cm³/mol. The molecule has 2 rings (SSSR count). The summed E-state index contributed by atoms with van der Waals surface area (Å²) in [6, 6.07) is 11.3. The van der Waals surface area contributed by atoms with Gasteiger partial charge in [-0.15, -0.1) is 0 Å². The highest BCUT2D eigenvalue weighted by atomic mass is 19.1. The molecule has 0 radical (unpaired) electrons. The largest absolute Gasteiger partial charge is 0.350 e. The summed E-state index contributed by atoms with van der Waals surface area (Å²) in [4.78, 5) is 25.7. The first-order valence-electron chi connectivity index (χ1n) is 7.78. The van der Waals surface area contributed by atoms with Crippen molar-refractivity contribution in [1.29, 1.82) is 0 Å². The summed E-state index contributed by atoms with van der Waals surface area (Å²) in [6.45, 7) is 6.03. The highest BCUT2D eigenvalue weighted by molar-refractivity contribution is 5.95. The van der Waals surface area contributed by atoms with E-state index in [2.05, 4.69) is 5.32 Å². The lowest BCUT2D eigenvalue weighted by Crippen LogP contribution is -2.38. The normalized spacial score (nSPS) is 10.3. The van der Waals surface area contributed by atoms with Crippen LogP contribution >= 0.6 is 0 Å². The monoisotopic (exact) mass is 328 g/mol. The van der Waals surface area contributed by atoms with Crippen molar-refractivity contribution in [2.45, 2.75) is 20.8 Å².